The molecule has 9 heavy (non-hydrogen) atoms. The maximum Gasteiger partial charge on any atom is 0.227 e. The van der Waals surface area contributed by atoms with E-state index in [1.54, 1.807) is 18.5 Å². The minimum atomic E-state index is -1.04. The second-order valence-electron chi connectivity index (χ2n) is 1.62. The van der Waals surface area contributed by atoms with Crippen LogP contribution in [-0.4, -0.2) is 22.8 Å². The quantitative estimate of drug-likeness (QED) is 0.514. The zero-order valence-electron chi connectivity index (χ0n) is 5.03. The zero-order chi connectivity index (χ0) is 6.74. The largest absolute Gasteiger partial charge is 0.358 e. The van der Waals surface area contributed by atoms with E-state index in [-0.39, 0.29) is 0 Å². The van der Waals surface area contributed by atoms with E-state index < -0.39 is 5.06 Å². The molecular formula is C5H8N2OS. The molecule has 0 spiro atoms. The molecule has 0 radical (unpaired) electrons. The van der Waals surface area contributed by atoms with Crippen molar-refractivity contribution in [2.75, 3.05) is 6.26 Å². The summed E-state index contributed by atoms with van der Waals surface area (Å²) in [5.74, 6) is 0. The molecule has 0 aromatic heterocycles. The second kappa shape index (κ2) is 2.41. The number of aliphatic hydroxyl groups is 1. The molecule has 0 aromatic carbocycles. The molecule has 1 aliphatic rings. The van der Waals surface area contributed by atoms with Crippen molar-refractivity contribution in [1.29, 1.82) is 0 Å². The first kappa shape index (κ1) is 6.64. The van der Waals surface area contributed by atoms with E-state index in [2.05, 4.69) is 10.3 Å². The SMILES string of the molecule is CSC1(O)C=CNC=N1. The van der Waals surface area contributed by atoms with Crippen molar-refractivity contribution in [3.8, 4) is 0 Å². The molecule has 1 unspecified atom stereocenters. The standard InChI is InChI=1S/C5H8N2OS/c1-9-5(8)2-3-6-4-7-5/h2-4,8H,1H3,(H,6,7). The zero-order valence-corrected chi connectivity index (χ0v) is 5.85. The Balaban J connectivity index is 2.67. The van der Waals surface area contributed by atoms with Crippen LogP contribution in [0.25, 0.3) is 0 Å². The van der Waals surface area contributed by atoms with Crippen molar-refractivity contribution in [3.63, 3.8) is 0 Å². The minimum absolute atomic E-state index is 1.04. The fourth-order valence-corrected chi connectivity index (χ4v) is 0.855. The monoisotopic (exact) mass is 144 g/mol. The Hall–Kier alpha value is -0.480. The molecule has 0 aromatic rings. The smallest absolute Gasteiger partial charge is 0.227 e. The lowest BCUT2D eigenvalue weighted by Crippen LogP contribution is -2.24. The highest BCUT2D eigenvalue weighted by atomic mass is 32.2. The lowest BCUT2D eigenvalue weighted by Gasteiger charge is -2.18. The third kappa shape index (κ3) is 1.46. The molecular weight excluding hydrogens is 136 g/mol. The van der Waals surface area contributed by atoms with E-state index in [1.807, 2.05) is 0 Å². The summed E-state index contributed by atoms with van der Waals surface area (Å²) in [4.78, 5) is 3.78. The molecule has 1 rings (SSSR count). The van der Waals surface area contributed by atoms with Gasteiger partial charge in [0.05, 0.1) is 6.34 Å². The molecule has 1 heterocycles. The van der Waals surface area contributed by atoms with E-state index in [1.165, 1.54) is 18.1 Å². The summed E-state index contributed by atoms with van der Waals surface area (Å²) in [6.45, 7) is 0. The molecule has 0 saturated heterocycles. The summed E-state index contributed by atoms with van der Waals surface area (Å²) in [6, 6.07) is 0. The minimum Gasteiger partial charge on any atom is -0.358 e. The Morgan fingerprint density at radius 3 is 2.89 bits per heavy atom. The summed E-state index contributed by atoms with van der Waals surface area (Å²) in [6.07, 6.45) is 6.52. The summed E-state index contributed by atoms with van der Waals surface area (Å²) >= 11 is 1.28. The van der Waals surface area contributed by atoms with Gasteiger partial charge in [0.2, 0.25) is 5.06 Å². The van der Waals surface area contributed by atoms with Crippen LogP contribution < -0.4 is 5.32 Å². The number of hydrogen-bond donors (Lipinski definition) is 2. The van der Waals surface area contributed by atoms with Gasteiger partial charge in [0.15, 0.2) is 0 Å². The molecule has 0 fully saturated rings. The van der Waals surface area contributed by atoms with Gasteiger partial charge in [-0.15, -0.1) is 11.8 Å². The Kier molecular flexibility index (Phi) is 1.78. The van der Waals surface area contributed by atoms with E-state index in [0.717, 1.165) is 0 Å². The fourth-order valence-electron chi connectivity index (χ4n) is 0.493. The van der Waals surface area contributed by atoms with Gasteiger partial charge in [0.1, 0.15) is 0 Å². The molecule has 0 saturated carbocycles. The second-order valence-corrected chi connectivity index (χ2v) is 2.63. The maximum atomic E-state index is 9.32. The summed E-state index contributed by atoms with van der Waals surface area (Å²) < 4.78 is 0. The van der Waals surface area contributed by atoms with Crippen LogP contribution in [-0.2, 0) is 0 Å². The molecule has 1 aliphatic heterocycles. The summed E-state index contributed by atoms with van der Waals surface area (Å²) in [5.41, 5.74) is 0. The van der Waals surface area contributed by atoms with Crippen LogP contribution in [0.2, 0.25) is 0 Å². The lowest BCUT2D eigenvalue weighted by molar-refractivity contribution is 0.197. The lowest BCUT2D eigenvalue weighted by atomic mass is 10.5. The predicted octanol–water partition coefficient (Wildman–Crippen LogP) is 0.141. The van der Waals surface area contributed by atoms with Crippen molar-refractivity contribution in [2.45, 2.75) is 5.06 Å². The average Bonchev–Trinajstić information content (AvgIpc) is 1.90. The van der Waals surface area contributed by atoms with Gasteiger partial charge in [-0.25, -0.2) is 4.99 Å². The summed E-state index contributed by atoms with van der Waals surface area (Å²) in [5, 5.41) is 11.0. The molecule has 3 nitrogen and oxygen atoms in total. The number of rotatable bonds is 1. The normalized spacial score (nSPS) is 32.2. The van der Waals surface area contributed by atoms with Gasteiger partial charge in [0, 0.05) is 6.20 Å². The topological polar surface area (TPSA) is 44.6 Å². The van der Waals surface area contributed by atoms with Crippen molar-refractivity contribution >= 4 is 18.1 Å². The van der Waals surface area contributed by atoms with Crippen LogP contribution in [0, 0.1) is 0 Å². The van der Waals surface area contributed by atoms with Crippen molar-refractivity contribution < 1.29 is 5.11 Å². The number of hydrogen-bond acceptors (Lipinski definition) is 4. The number of nitrogens with zero attached hydrogens (tertiary/aromatic N) is 1. The highest BCUT2D eigenvalue weighted by Crippen LogP contribution is 2.22. The van der Waals surface area contributed by atoms with Crippen molar-refractivity contribution in [2.24, 2.45) is 4.99 Å². The van der Waals surface area contributed by atoms with E-state index in [4.69, 9.17) is 0 Å². The molecule has 1 atom stereocenters. The van der Waals surface area contributed by atoms with E-state index in [9.17, 15) is 5.11 Å². The first-order valence-electron chi connectivity index (χ1n) is 2.52. The Bertz CT molecular complexity index is 143. The van der Waals surface area contributed by atoms with Crippen LogP contribution in [0.3, 0.4) is 0 Å². The number of nitrogens with one attached hydrogen (secondary N) is 1. The molecule has 0 bridgehead atoms. The molecule has 50 valence electrons. The first-order chi connectivity index (χ1) is 4.27. The third-order valence-electron chi connectivity index (χ3n) is 1.02. The van der Waals surface area contributed by atoms with Crippen LogP contribution in [0.15, 0.2) is 17.3 Å². The van der Waals surface area contributed by atoms with Gasteiger partial charge in [-0.1, -0.05) is 0 Å². The van der Waals surface area contributed by atoms with Gasteiger partial charge in [-0.3, -0.25) is 0 Å². The Morgan fingerprint density at radius 1 is 1.78 bits per heavy atom. The van der Waals surface area contributed by atoms with Crippen LogP contribution in [0.4, 0.5) is 0 Å². The molecule has 0 aliphatic carbocycles. The van der Waals surface area contributed by atoms with Gasteiger partial charge in [-0.05, 0) is 12.3 Å². The van der Waals surface area contributed by atoms with Crippen molar-refractivity contribution in [3.05, 3.63) is 12.3 Å². The molecule has 4 heteroatoms. The summed E-state index contributed by atoms with van der Waals surface area (Å²) in [7, 11) is 0. The van der Waals surface area contributed by atoms with Crippen LogP contribution in [0.5, 0.6) is 0 Å². The van der Waals surface area contributed by atoms with Gasteiger partial charge in [0.25, 0.3) is 0 Å². The average molecular weight is 144 g/mol. The maximum absolute atomic E-state index is 9.32. The van der Waals surface area contributed by atoms with Gasteiger partial charge in [-0.2, -0.15) is 0 Å². The highest BCUT2D eigenvalue weighted by molar-refractivity contribution is 7.99. The first-order valence-corrected chi connectivity index (χ1v) is 3.74. The van der Waals surface area contributed by atoms with E-state index in [0.29, 0.717) is 0 Å². The predicted molar refractivity (Wildman–Crippen MR) is 39.2 cm³/mol. The van der Waals surface area contributed by atoms with Gasteiger partial charge >= 0.3 is 0 Å². The van der Waals surface area contributed by atoms with Crippen LogP contribution in [0.1, 0.15) is 0 Å². The fraction of sp³-hybridized carbons (Fsp3) is 0.400. The van der Waals surface area contributed by atoms with Crippen LogP contribution >= 0.6 is 11.8 Å². The number of thioether (sulfide) groups is 1. The van der Waals surface area contributed by atoms with Gasteiger partial charge < -0.3 is 10.4 Å². The molecule has 0 amide bonds. The number of aliphatic imine (C=N–C) groups is 1. The Morgan fingerprint density at radius 2 is 2.56 bits per heavy atom. The Labute approximate surface area is 57.9 Å². The van der Waals surface area contributed by atoms with E-state index >= 15 is 0 Å². The highest BCUT2D eigenvalue weighted by Gasteiger charge is 2.20. The molecule has 2 N–H and O–H groups in total. The van der Waals surface area contributed by atoms with Crippen molar-refractivity contribution in [1.82, 2.24) is 5.32 Å². The third-order valence-corrected chi connectivity index (χ3v) is 1.86.